The Labute approximate surface area is 113 Å². The minimum absolute atomic E-state index is 0.0383. The first kappa shape index (κ1) is 13.5. The number of hydrogen-bond acceptors (Lipinski definition) is 3. The summed E-state index contributed by atoms with van der Waals surface area (Å²) in [4.78, 5) is 21.4. The molecule has 2 rings (SSSR count). The number of likely N-dealkylation sites (N-methyl/N-ethyl adjacent to an activating group) is 1. The molecule has 0 aliphatic rings. The molecule has 0 saturated heterocycles. The Hall–Kier alpha value is -1.88. The van der Waals surface area contributed by atoms with E-state index in [1.165, 1.54) is 0 Å². The number of hydrogen-bond donors (Lipinski definition) is 2. The van der Waals surface area contributed by atoms with E-state index < -0.39 is 0 Å². The molecule has 0 spiro atoms. The molecule has 1 heterocycles. The van der Waals surface area contributed by atoms with E-state index in [9.17, 15) is 4.79 Å². The zero-order valence-corrected chi connectivity index (χ0v) is 11.4. The molecule has 5 heteroatoms. The van der Waals surface area contributed by atoms with Crippen LogP contribution in [-0.4, -0.2) is 47.0 Å². The van der Waals surface area contributed by atoms with Crippen LogP contribution in [0.1, 0.15) is 24.2 Å². The van der Waals surface area contributed by atoms with Crippen LogP contribution in [0.25, 0.3) is 11.0 Å². The van der Waals surface area contributed by atoms with Crippen LogP contribution in [0, 0.1) is 0 Å². The Bertz CT molecular complexity index is 545. The first-order valence-corrected chi connectivity index (χ1v) is 6.68. The van der Waals surface area contributed by atoms with Gasteiger partial charge in [-0.3, -0.25) is 4.79 Å². The summed E-state index contributed by atoms with van der Waals surface area (Å²) >= 11 is 0. The second-order valence-corrected chi connectivity index (χ2v) is 4.42. The van der Waals surface area contributed by atoms with Gasteiger partial charge in [0.05, 0.1) is 17.4 Å². The third-order valence-corrected chi connectivity index (χ3v) is 3.29. The van der Waals surface area contributed by atoms with Crippen molar-refractivity contribution in [2.24, 2.45) is 0 Å². The van der Waals surface area contributed by atoms with E-state index in [1.807, 2.05) is 12.1 Å². The number of benzene rings is 1. The molecule has 19 heavy (non-hydrogen) atoms. The molecule has 0 saturated carbocycles. The van der Waals surface area contributed by atoms with E-state index in [4.69, 9.17) is 0 Å². The number of rotatable bonds is 6. The van der Waals surface area contributed by atoms with Gasteiger partial charge in [0, 0.05) is 18.7 Å². The van der Waals surface area contributed by atoms with Crippen LogP contribution in [0.2, 0.25) is 0 Å². The highest BCUT2D eigenvalue weighted by atomic mass is 16.1. The quantitative estimate of drug-likeness (QED) is 0.830. The minimum atomic E-state index is -0.0383. The summed E-state index contributed by atoms with van der Waals surface area (Å²) in [6.45, 7) is 7.81. The Morgan fingerprint density at radius 2 is 2.16 bits per heavy atom. The van der Waals surface area contributed by atoms with Crippen molar-refractivity contribution in [2.45, 2.75) is 13.8 Å². The third-order valence-electron chi connectivity index (χ3n) is 3.29. The number of imidazole rings is 1. The summed E-state index contributed by atoms with van der Waals surface area (Å²) in [5.41, 5.74) is 2.42. The van der Waals surface area contributed by atoms with Gasteiger partial charge in [0.25, 0.3) is 5.91 Å². The molecule has 0 radical (unpaired) electrons. The normalized spacial score (nSPS) is 11.1. The van der Waals surface area contributed by atoms with E-state index in [-0.39, 0.29) is 5.91 Å². The first-order valence-electron chi connectivity index (χ1n) is 6.68. The van der Waals surface area contributed by atoms with Crippen molar-refractivity contribution < 1.29 is 4.79 Å². The molecule has 102 valence electrons. The highest BCUT2D eigenvalue weighted by Gasteiger charge is 2.07. The molecule has 0 aliphatic carbocycles. The van der Waals surface area contributed by atoms with E-state index in [2.05, 4.69) is 34.0 Å². The van der Waals surface area contributed by atoms with Crippen LogP contribution in [0.3, 0.4) is 0 Å². The summed E-state index contributed by atoms with van der Waals surface area (Å²) in [6, 6.07) is 5.48. The van der Waals surface area contributed by atoms with E-state index >= 15 is 0 Å². The fourth-order valence-electron chi connectivity index (χ4n) is 2.05. The number of carbonyl (C=O) groups excluding carboxylic acids is 1. The second kappa shape index (κ2) is 6.33. The first-order chi connectivity index (χ1) is 9.24. The molecule has 0 fully saturated rings. The lowest BCUT2D eigenvalue weighted by Gasteiger charge is -2.17. The number of amides is 1. The highest BCUT2D eigenvalue weighted by molar-refractivity contribution is 5.97. The predicted molar refractivity (Wildman–Crippen MR) is 76.2 cm³/mol. The number of H-pyrrole nitrogens is 1. The summed E-state index contributed by atoms with van der Waals surface area (Å²) in [7, 11) is 0. The zero-order chi connectivity index (χ0) is 13.7. The third kappa shape index (κ3) is 3.32. The molecule has 1 amide bonds. The van der Waals surface area contributed by atoms with Gasteiger partial charge in [-0.1, -0.05) is 13.8 Å². The lowest BCUT2D eigenvalue weighted by atomic mass is 10.2. The van der Waals surface area contributed by atoms with E-state index in [1.54, 1.807) is 12.4 Å². The lowest BCUT2D eigenvalue weighted by molar-refractivity contribution is 0.0949. The molecular formula is C14H20N4O. The SMILES string of the molecule is CCN(CC)CCNC(=O)c1ccc2nc[nH]c2c1. The van der Waals surface area contributed by atoms with Crippen molar-refractivity contribution in [2.75, 3.05) is 26.2 Å². The van der Waals surface area contributed by atoms with Gasteiger partial charge in [-0.15, -0.1) is 0 Å². The lowest BCUT2D eigenvalue weighted by Crippen LogP contribution is -2.34. The Balaban J connectivity index is 1.92. The van der Waals surface area contributed by atoms with Gasteiger partial charge < -0.3 is 15.2 Å². The number of aromatic nitrogens is 2. The summed E-state index contributed by atoms with van der Waals surface area (Å²) in [5, 5.41) is 2.94. The predicted octanol–water partition coefficient (Wildman–Crippen LogP) is 1.63. The van der Waals surface area contributed by atoms with Crippen LogP contribution in [0.15, 0.2) is 24.5 Å². The van der Waals surface area contributed by atoms with Gasteiger partial charge in [-0.2, -0.15) is 0 Å². The Kier molecular flexibility index (Phi) is 4.52. The molecule has 1 aromatic heterocycles. The van der Waals surface area contributed by atoms with E-state index in [0.717, 1.165) is 30.7 Å². The molecule has 2 N–H and O–H groups in total. The second-order valence-electron chi connectivity index (χ2n) is 4.42. The number of fused-ring (bicyclic) bond motifs is 1. The van der Waals surface area contributed by atoms with Crippen LogP contribution >= 0.6 is 0 Å². The molecule has 1 aromatic carbocycles. The summed E-state index contributed by atoms with van der Waals surface area (Å²) in [5.74, 6) is -0.0383. The fourth-order valence-corrected chi connectivity index (χ4v) is 2.05. The smallest absolute Gasteiger partial charge is 0.251 e. The fraction of sp³-hybridized carbons (Fsp3) is 0.429. The average molecular weight is 260 g/mol. The Morgan fingerprint density at radius 3 is 2.89 bits per heavy atom. The molecule has 5 nitrogen and oxygen atoms in total. The van der Waals surface area contributed by atoms with E-state index in [0.29, 0.717) is 12.1 Å². The molecule has 0 atom stereocenters. The summed E-state index contributed by atoms with van der Waals surface area (Å²) < 4.78 is 0. The van der Waals surface area contributed by atoms with Gasteiger partial charge in [0.1, 0.15) is 0 Å². The van der Waals surface area contributed by atoms with Crippen molar-refractivity contribution in [3.63, 3.8) is 0 Å². The van der Waals surface area contributed by atoms with Crippen LogP contribution in [0.4, 0.5) is 0 Å². The largest absolute Gasteiger partial charge is 0.351 e. The molecular weight excluding hydrogens is 240 g/mol. The van der Waals surface area contributed by atoms with Gasteiger partial charge in [0.15, 0.2) is 0 Å². The van der Waals surface area contributed by atoms with Crippen LogP contribution in [-0.2, 0) is 0 Å². The van der Waals surface area contributed by atoms with Crippen LogP contribution < -0.4 is 5.32 Å². The number of nitrogens with one attached hydrogen (secondary N) is 2. The monoisotopic (exact) mass is 260 g/mol. The van der Waals surface area contributed by atoms with Gasteiger partial charge >= 0.3 is 0 Å². The maximum atomic E-state index is 12.0. The van der Waals surface area contributed by atoms with Gasteiger partial charge in [-0.25, -0.2) is 4.98 Å². The van der Waals surface area contributed by atoms with Crippen molar-refractivity contribution in [3.05, 3.63) is 30.1 Å². The number of carbonyl (C=O) groups is 1. The van der Waals surface area contributed by atoms with Crippen molar-refractivity contribution in [1.29, 1.82) is 0 Å². The van der Waals surface area contributed by atoms with Gasteiger partial charge in [0.2, 0.25) is 0 Å². The molecule has 0 bridgehead atoms. The maximum Gasteiger partial charge on any atom is 0.251 e. The highest BCUT2D eigenvalue weighted by Crippen LogP contribution is 2.11. The number of nitrogens with zero attached hydrogens (tertiary/aromatic N) is 2. The molecule has 0 unspecified atom stereocenters. The van der Waals surface area contributed by atoms with Crippen LogP contribution in [0.5, 0.6) is 0 Å². The van der Waals surface area contributed by atoms with Crippen molar-refractivity contribution >= 4 is 16.9 Å². The topological polar surface area (TPSA) is 61.0 Å². The Morgan fingerprint density at radius 1 is 1.37 bits per heavy atom. The number of aromatic amines is 1. The average Bonchev–Trinajstić information content (AvgIpc) is 2.90. The van der Waals surface area contributed by atoms with Crippen molar-refractivity contribution in [1.82, 2.24) is 20.2 Å². The minimum Gasteiger partial charge on any atom is -0.351 e. The maximum absolute atomic E-state index is 12.0. The molecule has 0 aliphatic heterocycles. The summed E-state index contributed by atoms with van der Waals surface area (Å²) in [6.07, 6.45) is 1.63. The standard InChI is InChI=1S/C14H20N4O/c1-3-18(4-2)8-7-15-14(19)11-5-6-12-13(9-11)17-10-16-12/h5-6,9-10H,3-4,7-8H2,1-2H3,(H,15,19)(H,16,17). The zero-order valence-electron chi connectivity index (χ0n) is 11.4. The van der Waals surface area contributed by atoms with Crippen molar-refractivity contribution in [3.8, 4) is 0 Å². The van der Waals surface area contributed by atoms with Gasteiger partial charge in [-0.05, 0) is 31.3 Å². The molecule has 2 aromatic rings.